The molecule has 0 radical (unpaired) electrons. The number of rotatable bonds is 11. The average Bonchev–Trinajstić information content (AvgIpc) is 2.36. The molecule has 1 atom stereocenters. The summed E-state index contributed by atoms with van der Waals surface area (Å²) in [5.74, 6) is -2.66. The van der Waals surface area contributed by atoms with Gasteiger partial charge in [-0.05, 0) is 20.8 Å². The second-order valence-electron chi connectivity index (χ2n) is 3.82. The smallest absolute Gasteiger partial charge is 0.288 e. The number of aliphatic hydroxyl groups excluding tert-OH is 3. The van der Waals surface area contributed by atoms with E-state index in [1.54, 1.807) is 20.8 Å². The van der Waals surface area contributed by atoms with Gasteiger partial charge in [0.2, 0.25) is 0 Å². The minimum absolute atomic E-state index is 0.281. The predicted molar refractivity (Wildman–Crippen MR) is 65.8 cm³/mol. The zero-order valence-corrected chi connectivity index (χ0v) is 11.5. The SMILES string of the molecule is CCOC(OCC)(OCC)C(CO)C(CO)CO. The Labute approximate surface area is 108 Å². The van der Waals surface area contributed by atoms with Crippen molar-refractivity contribution < 1.29 is 29.5 Å². The van der Waals surface area contributed by atoms with E-state index in [0.717, 1.165) is 0 Å². The molecule has 0 bridgehead atoms. The van der Waals surface area contributed by atoms with Crippen LogP contribution in [0.25, 0.3) is 0 Å². The van der Waals surface area contributed by atoms with E-state index < -0.39 is 17.8 Å². The Morgan fingerprint density at radius 3 is 1.39 bits per heavy atom. The van der Waals surface area contributed by atoms with E-state index in [0.29, 0.717) is 19.8 Å². The maximum atomic E-state index is 9.51. The lowest BCUT2D eigenvalue weighted by molar-refractivity contribution is -0.411. The van der Waals surface area contributed by atoms with Crippen molar-refractivity contribution in [2.45, 2.75) is 26.7 Å². The van der Waals surface area contributed by atoms with E-state index >= 15 is 0 Å². The highest BCUT2D eigenvalue weighted by Crippen LogP contribution is 2.31. The molecular weight excluding hydrogens is 240 g/mol. The first-order chi connectivity index (χ1) is 8.65. The zero-order chi connectivity index (χ0) is 14.0. The van der Waals surface area contributed by atoms with Crippen LogP contribution in [0.1, 0.15) is 20.8 Å². The summed E-state index contributed by atoms with van der Waals surface area (Å²) in [6.45, 7) is 5.48. The summed E-state index contributed by atoms with van der Waals surface area (Å²) in [7, 11) is 0. The predicted octanol–water partition coefficient (Wildman–Crippen LogP) is -0.0410. The van der Waals surface area contributed by atoms with Crippen LogP contribution in [-0.4, -0.2) is 60.9 Å². The van der Waals surface area contributed by atoms with E-state index in [-0.39, 0.29) is 19.8 Å². The summed E-state index contributed by atoms with van der Waals surface area (Å²) in [4.78, 5) is 0. The van der Waals surface area contributed by atoms with Crippen LogP contribution in [0.15, 0.2) is 0 Å². The minimum atomic E-state index is -1.43. The second kappa shape index (κ2) is 9.66. The summed E-state index contributed by atoms with van der Waals surface area (Å²) in [6, 6.07) is 0. The third kappa shape index (κ3) is 4.46. The Kier molecular flexibility index (Phi) is 9.53. The number of ether oxygens (including phenoxy) is 3. The standard InChI is InChI=1S/C12H26O6/c1-4-16-12(17-5-2,18-6-3)11(9-15)10(7-13)8-14/h10-11,13-15H,4-9H2,1-3H3. The molecule has 18 heavy (non-hydrogen) atoms. The first kappa shape index (κ1) is 17.8. The molecule has 3 N–H and O–H groups in total. The Balaban J connectivity index is 5.16. The van der Waals surface area contributed by atoms with Crippen molar-refractivity contribution in [2.24, 2.45) is 11.8 Å². The van der Waals surface area contributed by atoms with Gasteiger partial charge in [-0.2, -0.15) is 0 Å². The molecule has 0 rings (SSSR count). The molecule has 0 aliphatic carbocycles. The summed E-state index contributed by atoms with van der Waals surface area (Å²) in [5.41, 5.74) is 0. The van der Waals surface area contributed by atoms with E-state index in [2.05, 4.69) is 0 Å². The molecule has 0 aliphatic heterocycles. The van der Waals surface area contributed by atoms with Gasteiger partial charge in [0.15, 0.2) is 0 Å². The lowest BCUT2D eigenvalue weighted by Crippen LogP contribution is -2.52. The van der Waals surface area contributed by atoms with Crippen molar-refractivity contribution in [3.05, 3.63) is 0 Å². The molecule has 0 aliphatic rings. The highest BCUT2D eigenvalue weighted by Gasteiger charge is 2.45. The van der Waals surface area contributed by atoms with Crippen molar-refractivity contribution in [3.63, 3.8) is 0 Å². The van der Waals surface area contributed by atoms with Gasteiger partial charge in [0.05, 0.1) is 12.5 Å². The molecule has 0 heterocycles. The summed E-state index contributed by atoms with van der Waals surface area (Å²) >= 11 is 0. The van der Waals surface area contributed by atoms with Gasteiger partial charge in [0, 0.05) is 39.0 Å². The molecule has 6 heteroatoms. The molecule has 0 fully saturated rings. The second-order valence-corrected chi connectivity index (χ2v) is 3.82. The van der Waals surface area contributed by atoms with Crippen LogP contribution >= 0.6 is 0 Å². The molecule has 0 aromatic carbocycles. The van der Waals surface area contributed by atoms with Gasteiger partial charge in [-0.25, -0.2) is 0 Å². The Morgan fingerprint density at radius 1 is 0.778 bits per heavy atom. The Bertz CT molecular complexity index is 178. The molecule has 1 unspecified atom stereocenters. The zero-order valence-electron chi connectivity index (χ0n) is 11.5. The van der Waals surface area contributed by atoms with Gasteiger partial charge in [0.1, 0.15) is 0 Å². The third-order valence-corrected chi connectivity index (χ3v) is 2.73. The van der Waals surface area contributed by atoms with Crippen molar-refractivity contribution in [1.29, 1.82) is 0 Å². The normalized spacial score (nSPS) is 14.2. The fraction of sp³-hybridized carbons (Fsp3) is 1.00. The van der Waals surface area contributed by atoms with Crippen LogP contribution in [0.5, 0.6) is 0 Å². The fourth-order valence-corrected chi connectivity index (χ4v) is 1.91. The maximum absolute atomic E-state index is 9.51. The van der Waals surface area contributed by atoms with Crippen LogP contribution < -0.4 is 0 Å². The van der Waals surface area contributed by atoms with E-state index in [4.69, 9.17) is 14.2 Å². The topological polar surface area (TPSA) is 88.4 Å². The molecule has 0 saturated carbocycles. The molecule has 0 amide bonds. The van der Waals surface area contributed by atoms with Crippen LogP contribution in [0.3, 0.4) is 0 Å². The van der Waals surface area contributed by atoms with Gasteiger partial charge in [-0.3, -0.25) is 0 Å². The van der Waals surface area contributed by atoms with Crippen LogP contribution in [0.4, 0.5) is 0 Å². The highest BCUT2D eigenvalue weighted by molar-refractivity contribution is 4.78. The van der Waals surface area contributed by atoms with Crippen LogP contribution in [0, 0.1) is 11.8 Å². The fourth-order valence-electron chi connectivity index (χ4n) is 1.91. The lowest BCUT2D eigenvalue weighted by atomic mass is 9.91. The Hall–Kier alpha value is -0.240. The molecule has 110 valence electrons. The van der Waals surface area contributed by atoms with E-state index in [1.807, 2.05) is 0 Å². The molecule has 0 aromatic rings. The largest absolute Gasteiger partial charge is 0.396 e. The summed E-state index contributed by atoms with van der Waals surface area (Å²) in [5, 5.41) is 28.0. The first-order valence-electron chi connectivity index (χ1n) is 6.40. The maximum Gasteiger partial charge on any atom is 0.288 e. The van der Waals surface area contributed by atoms with E-state index in [1.165, 1.54) is 0 Å². The van der Waals surface area contributed by atoms with Crippen molar-refractivity contribution in [3.8, 4) is 0 Å². The van der Waals surface area contributed by atoms with Gasteiger partial charge >= 0.3 is 0 Å². The van der Waals surface area contributed by atoms with Gasteiger partial charge < -0.3 is 29.5 Å². The molecule has 0 saturated heterocycles. The van der Waals surface area contributed by atoms with Gasteiger partial charge in [-0.1, -0.05) is 0 Å². The van der Waals surface area contributed by atoms with Crippen molar-refractivity contribution in [1.82, 2.24) is 0 Å². The Morgan fingerprint density at radius 2 is 1.17 bits per heavy atom. The molecule has 0 spiro atoms. The molecule has 0 aromatic heterocycles. The van der Waals surface area contributed by atoms with Crippen LogP contribution in [0.2, 0.25) is 0 Å². The van der Waals surface area contributed by atoms with Crippen LogP contribution in [-0.2, 0) is 14.2 Å². The number of hydrogen-bond donors (Lipinski definition) is 3. The third-order valence-electron chi connectivity index (χ3n) is 2.73. The summed E-state index contributed by atoms with van der Waals surface area (Å²) in [6.07, 6.45) is 0. The number of aliphatic hydroxyl groups is 3. The average molecular weight is 266 g/mol. The molecule has 6 nitrogen and oxygen atoms in total. The minimum Gasteiger partial charge on any atom is -0.396 e. The van der Waals surface area contributed by atoms with Gasteiger partial charge in [-0.15, -0.1) is 0 Å². The molecular formula is C12H26O6. The van der Waals surface area contributed by atoms with E-state index in [9.17, 15) is 15.3 Å². The summed E-state index contributed by atoms with van der Waals surface area (Å²) < 4.78 is 16.6. The first-order valence-corrected chi connectivity index (χ1v) is 6.40. The van der Waals surface area contributed by atoms with Gasteiger partial charge in [0.25, 0.3) is 5.97 Å². The number of hydrogen-bond acceptors (Lipinski definition) is 6. The lowest BCUT2D eigenvalue weighted by Gasteiger charge is -2.40. The quantitative estimate of drug-likeness (QED) is 0.455. The monoisotopic (exact) mass is 266 g/mol. The van der Waals surface area contributed by atoms with Crippen molar-refractivity contribution >= 4 is 0 Å². The van der Waals surface area contributed by atoms with Crippen molar-refractivity contribution in [2.75, 3.05) is 39.6 Å². The highest BCUT2D eigenvalue weighted by atomic mass is 16.9.